The Kier molecular flexibility index (Phi) is 5.27. The average molecular weight is 442 g/mol. The number of carbonyl (C=O) groups excluding carboxylic acids is 1. The second kappa shape index (κ2) is 7.40. The number of piperazine rings is 1. The molecular formula is C17H17ClIN3O. The van der Waals surface area contributed by atoms with Gasteiger partial charge in [0, 0.05) is 35.4 Å². The van der Waals surface area contributed by atoms with Crippen LogP contribution in [0.2, 0.25) is 5.02 Å². The van der Waals surface area contributed by atoms with Gasteiger partial charge in [-0.25, -0.2) is 4.79 Å². The molecule has 1 aliphatic heterocycles. The second-order valence-electron chi connectivity index (χ2n) is 5.37. The minimum atomic E-state index is -0.0502. The largest absolute Gasteiger partial charge is 0.367 e. The number of halogens is 2. The third-order valence-electron chi connectivity index (χ3n) is 3.84. The molecule has 0 spiro atoms. The second-order valence-corrected chi connectivity index (χ2v) is 7.02. The first-order valence-electron chi connectivity index (χ1n) is 7.44. The number of nitrogens with zero attached hydrogens (tertiary/aromatic N) is 2. The quantitative estimate of drug-likeness (QED) is 0.706. The molecule has 2 aromatic rings. The van der Waals surface area contributed by atoms with E-state index in [0.29, 0.717) is 13.1 Å². The highest BCUT2D eigenvalue weighted by Gasteiger charge is 2.22. The standard InChI is InChI=1S/C17H17ClIN3O/c18-15-6-1-2-7-16(15)21-8-10-22(11-9-21)17(23)20-14-5-3-4-13(19)12-14/h1-7,12H,8-11H2,(H,20,23). The van der Waals surface area contributed by atoms with Crippen LogP contribution in [0.3, 0.4) is 0 Å². The molecule has 1 aliphatic rings. The minimum absolute atomic E-state index is 0.0502. The van der Waals surface area contributed by atoms with E-state index in [9.17, 15) is 4.79 Å². The van der Waals surface area contributed by atoms with Gasteiger partial charge >= 0.3 is 6.03 Å². The Morgan fingerprint density at radius 2 is 1.78 bits per heavy atom. The lowest BCUT2D eigenvalue weighted by Crippen LogP contribution is -2.50. The highest BCUT2D eigenvalue weighted by Crippen LogP contribution is 2.26. The number of amides is 2. The van der Waals surface area contributed by atoms with Gasteiger partial charge in [-0.1, -0.05) is 29.8 Å². The van der Waals surface area contributed by atoms with Crippen molar-refractivity contribution in [3.05, 3.63) is 57.1 Å². The Balaban J connectivity index is 1.58. The fourth-order valence-corrected chi connectivity index (χ4v) is 3.43. The summed E-state index contributed by atoms with van der Waals surface area (Å²) in [5.41, 5.74) is 1.86. The summed E-state index contributed by atoms with van der Waals surface area (Å²) in [7, 11) is 0. The molecule has 23 heavy (non-hydrogen) atoms. The molecule has 1 saturated heterocycles. The third kappa shape index (κ3) is 4.09. The van der Waals surface area contributed by atoms with E-state index in [1.165, 1.54) is 0 Å². The van der Waals surface area contributed by atoms with Crippen molar-refractivity contribution in [3.8, 4) is 0 Å². The zero-order chi connectivity index (χ0) is 16.2. The van der Waals surface area contributed by atoms with Crippen LogP contribution in [0, 0.1) is 3.57 Å². The summed E-state index contributed by atoms with van der Waals surface area (Å²) in [4.78, 5) is 16.4. The van der Waals surface area contributed by atoms with Crippen LogP contribution in [0.15, 0.2) is 48.5 Å². The maximum atomic E-state index is 12.4. The summed E-state index contributed by atoms with van der Waals surface area (Å²) >= 11 is 8.48. The van der Waals surface area contributed by atoms with E-state index in [-0.39, 0.29) is 6.03 Å². The Bertz CT molecular complexity index is 702. The molecular weight excluding hydrogens is 425 g/mol. The van der Waals surface area contributed by atoms with Crippen molar-refractivity contribution in [2.45, 2.75) is 0 Å². The highest BCUT2D eigenvalue weighted by molar-refractivity contribution is 14.1. The van der Waals surface area contributed by atoms with E-state index >= 15 is 0 Å². The Labute approximate surface area is 154 Å². The lowest BCUT2D eigenvalue weighted by atomic mass is 10.2. The summed E-state index contributed by atoms with van der Waals surface area (Å²) in [6.07, 6.45) is 0. The Morgan fingerprint density at radius 3 is 2.48 bits per heavy atom. The monoisotopic (exact) mass is 441 g/mol. The Morgan fingerprint density at radius 1 is 1.04 bits per heavy atom. The summed E-state index contributed by atoms with van der Waals surface area (Å²) in [5.74, 6) is 0. The van der Waals surface area contributed by atoms with E-state index in [0.717, 1.165) is 33.1 Å². The SMILES string of the molecule is O=C(Nc1cccc(I)c1)N1CCN(c2ccccc2Cl)CC1. The van der Waals surface area contributed by atoms with E-state index in [1.807, 2.05) is 53.4 Å². The molecule has 1 fully saturated rings. The van der Waals surface area contributed by atoms with Gasteiger partial charge in [0.1, 0.15) is 0 Å². The van der Waals surface area contributed by atoms with Crippen LogP contribution in [0.1, 0.15) is 0 Å². The molecule has 6 heteroatoms. The lowest BCUT2D eigenvalue weighted by Gasteiger charge is -2.36. The first kappa shape index (κ1) is 16.4. The summed E-state index contributed by atoms with van der Waals surface area (Å²) < 4.78 is 1.10. The molecule has 2 aromatic carbocycles. The normalized spacial score (nSPS) is 14.7. The van der Waals surface area contributed by atoms with Crippen LogP contribution in [0.5, 0.6) is 0 Å². The molecule has 4 nitrogen and oxygen atoms in total. The van der Waals surface area contributed by atoms with Gasteiger partial charge in [-0.05, 0) is 52.9 Å². The van der Waals surface area contributed by atoms with Gasteiger partial charge in [0.25, 0.3) is 0 Å². The Hall–Kier alpha value is -1.47. The molecule has 0 atom stereocenters. The van der Waals surface area contributed by atoms with Crippen molar-refractivity contribution in [2.75, 3.05) is 36.4 Å². The number of hydrogen-bond donors (Lipinski definition) is 1. The molecule has 120 valence electrons. The summed E-state index contributed by atoms with van der Waals surface area (Å²) in [5, 5.41) is 3.71. The predicted octanol–water partition coefficient (Wildman–Crippen LogP) is 4.30. The number of carbonyl (C=O) groups is 1. The van der Waals surface area contributed by atoms with Gasteiger partial charge in [-0.2, -0.15) is 0 Å². The maximum absolute atomic E-state index is 12.4. The number of para-hydroxylation sites is 1. The zero-order valence-corrected chi connectivity index (χ0v) is 15.4. The van der Waals surface area contributed by atoms with Crippen molar-refractivity contribution in [1.82, 2.24) is 4.90 Å². The van der Waals surface area contributed by atoms with E-state index in [2.05, 4.69) is 32.8 Å². The highest BCUT2D eigenvalue weighted by atomic mass is 127. The van der Waals surface area contributed by atoms with Crippen molar-refractivity contribution >= 4 is 51.6 Å². The first-order chi connectivity index (χ1) is 11.1. The van der Waals surface area contributed by atoms with E-state index < -0.39 is 0 Å². The average Bonchev–Trinajstić information content (AvgIpc) is 2.55. The number of hydrogen-bond acceptors (Lipinski definition) is 2. The molecule has 1 heterocycles. The molecule has 0 saturated carbocycles. The van der Waals surface area contributed by atoms with Crippen LogP contribution in [0.25, 0.3) is 0 Å². The molecule has 2 amide bonds. The van der Waals surface area contributed by atoms with Crippen LogP contribution in [-0.2, 0) is 0 Å². The van der Waals surface area contributed by atoms with Gasteiger partial charge in [0.05, 0.1) is 10.7 Å². The fourth-order valence-electron chi connectivity index (χ4n) is 2.63. The molecule has 3 rings (SSSR count). The van der Waals surface area contributed by atoms with Gasteiger partial charge < -0.3 is 15.1 Å². The fraction of sp³-hybridized carbons (Fsp3) is 0.235. The molecule has 0 radical (unpaired) electrons. The van der Waals surface area contributed by atoms with Gasteiger partial charge in [-0.15, -0.1) is 0 Å². The van der Waals surface area contributed by atoms with Crippen molar-refractivity contribution < 1.29 is 4.79 Å². The number of urea groups is 1. The number of nitrogens with one attached hydrogen (secondary N) is 1. The van der Waals surface area contributed by atoms with Gasteiger partial charge in [0.15, 0.2) is 0 Å². The summed E-state index contributed by atoms with van der Waals surface area (Å²) in [6.45, 7) is 2.93. The number of rotatable bonds is 2. The summed E-state index contributed by atoms with van der Waals surface area (Å²) in [6, 6.07) is 15.6. The zero-order valence-electron chi connectivity index (χ0n) is 12.5. The smallest absolute Gasteiger partial charge is 0.321 e. The van der Waals surface area contributed by atoms with Crippen molar-refractivity contribution in [1.29, 1.82) is 0 Å². The lowest BCUT2D eigenvalue weighted by molar-refractivity contribution is 0.208. The number of benzene rings is 2. The molecule has 0 bridgehead atoms. The van der Waals surface area contributed by atoms with E-state index in [1.54, 1.807) is 0 Å². The van der Waals surface area contributed by atoms with Crippen LogP contribution < -0.4 is 10.2 Å². The molecule has 0 unspecified atom stereocenters. The van der Waals surface area contributed by atoms with Crippen molar-refractivity contribution in [2.24, 2.45) is 0 Å². The predicted molar refractivity (Wildman–Crippen MR) is 103 cm³/mol. The van der Waals surface area contributed by atoms with Gasteiger partial charge in [0.2, 0.25) is 0 Å². The topological polar surface area (TPSA) is 35.6 Å². The van der Waals surface area contributed by atoms with Crippen LogP contribution in [0.4, 0.5) is 16.2 Å². The van der Waals surface area contributed by atoms with Crippen molar-refractivity contribution in [3.63, 3.8) is 0 Å². The van der Waals surface area contributed by atoms with E-state index in [4.69, 9.17) is 11.6 Å². The maximum Gasteiger partial charge on any atom is 0.321 e. The van der Waals surface area contributed by atoms with Crippen LogP contribution in [-0.4, -0.2) is 37.1 Å². The first-order valence-corrected chi connectivity index (χ1v) is 8.90. The molecule has 0 aliphatic carbocycles. The third-order valence-corrected chi connectivity index (χ3v) is 4.83. The number of anilines is 2. The molecule has 0 aromatic heterocycles. The molecule has 1 N–H and O–H groups in total. The van der Waals surface area contributed by atoms with Crippen LogP contribution >= 0.6 is 34.2 Å². The van der Waals surface area contributed by atoms with Gasteiger partial charge in [-0.3, -0.25) is 0 Å². The minimum Gasteiger partial charge on any atom is -0.367 e.